The van der Waals surface area contributed by atoms with Crippen molar-refractivity contribution < 1.29 is 113 Å². The van der Waals surface area contributed by atoms with Crippen molar-refractivity contribution >= 4 is 24.8 Å². The van der Waals surface area contributed by atoms with E-state index in [0.717, 1.165) is 13.8 Å². The highest BCUT2D eigenvalue weighted by atomic mass is 16.8. The molecule has 12 N–H and O–H groups in total. The molecule has 316 valence electrons. The molecule has 4 rings (SSSR count). The molecule has 0 radical (unpaired) electrons. The van der Waals surface area contributed by atoms with Crippen LogP contribution >= 0.6 is 0 Å². The first-order valence-corrected chi connectivity index (χ1v) is 17.0. The summed E-state index contributed by atoms with van der Waals surface area (Å²) < 4.78 is 49.1. The molecular formula is C30H48N2O23. The number of ether oxygens (including phenoxy) is 9. The average molecular weight is 805 g/mol. The predicted octanol–water partition coefficient (Wildman–Crippen LogP) is -9.10. The van der Waals surface area contributed by atoms with Crippen molar-refractivity contribution in [2.75, 3.05) is 26.4 Å². The number of carbonyl (C=O) groups is 4. The van der Waals surface area contributed by atoms with Gasteiger partial charge in [-0.2, -0.15) is 0 Å². The lowest BCUT2D eigenvalue weighted by Crippen LogP contribution is -2.70. The average Bonchev–Trinajstić information content (AvgIpc) is 3.14. The Morgan fingerprint density at radius 1 is 0.527 bits per heavy atom. The second-order valence-corrected chi connectivity index (χ2v) is 13.1. The highest BCUT2D eigenvalue weighted by Crippen LogP contribution is 2.34. The first kappa shape index (κ1) is 44.9. The molecule has 55 heavy (non-hydrogen) atoms. The van der Waals surface area contributed by atoms with Crippen LogP contribution in [0.3, 0.4) is 0 Å². The summed E-state index contributed by atoms with van der Waals surface area (Å²) in [4.78, 5) is 46.3. The van der Waals surface area contributed by atoms with E-state index in [1.165, 1.54) is 0 Å². The lowest BCUT2D eigenvalue weighted by atomic mass is 9.94. The standard InChI is InChI=1S/C30H48N2O23/c1-9(37)31-15-25(18(40)11(3-33)49-27(15)46)54-30-23(45)21(43)24(14(52-30)6-48-8-36)53-28-16(32-10(2)38)26(19(41)12(4-34)50-28)55-29-22(44)20(42)17(39)13(51-29)5-47-7-35/h7-8,11-30,33-34,39-46H,3-6H2,1-2H3,(H,31,37)(H,32,38)/t11-,12?,13?,14-,15?,16?,17+,18-,19+,20+,21?,22?,23?,24-,25?,26-,27?,28+,29+,30-/m1/s1. The quantitative estimate of drug-likeness (QED) is 0.0644. The second-order valence-electron chi connectivity index (χ2n) is 13.1. The van der Waals surface area contributed by atoms with E-state index in [1.54, 1.807) is 0 Å². The van der Waals surface area contributed by atoms with Gasteiger partial charge in [-0.15, -0.1) is 0 Å². The SMILES string of the molecule is CC(=O)NC1C(O)O[C@H](CO)[C@@H](O)C1O[C@H]1O[C@H](COC=O)[C@@H](O[C@@H]2OC(CO)[C@H](O)[C@H](O[C@@H]3OC(COC=O)[C@H](O)[C@H](O)C3O)C2NC(C)=O)C(O)C1O. The van der Waals surface area contributed by atoms with E-state index < -0.39 is 161 Å². The molecule has 0 aromatic rings. The Labute approximate surface area is 311 Å². The highest BCUT2D eigenvalue weighted by molar-refractivity contribution is 5.73. The van der Waals surface area contributed by atoms with E-state index in [1.807, 2.05) is 0 Å². The Kier molecular flexibility index (Phi) is 16.4. The molecular weight excluding hydrogens is 756 g/mol. The molecule has 0 saturated carbocycles. The summed E-state index contributed by atoms with van der Waals surface area (Å²) in [7, 11) is 0. The van der Waals surface area contributed by atoms with E-state index in [2.05, 4.69) is 15.4 Å². The minimum absolute atomic E-state index is 0.00156. The van der Waals surface area contributed by atoms with Crippen LogP contribution in [-0.4, -0.2) is 225 Å². The number of amides is 2. The molecule has 4 heterocycles. The van der Waals surface area contributed by atoms with Crippen LogP contribution in [0.2, 0.25) is 0 Å². The lowest BCUT2D eigenvalue weighted by molar-refractivity contribution is -0.374. The molecule has 0 aromatic heterocycles. The zero-order valence-electron chi connectivity index (χ0n) is 29.3. The number of rotatable bonds is 16. The molecule has 2 amide bonds. The third-order valence-corrected chi connectivity index (χ3v) is 9.31. The molecule has 4 saturated heterocycles. The van der Waals surface area contributed by atoms with Crippen LogP contribution in [0.5, 0.6) is 0 Å². The van der Waals surface area contributed by atoms with Crippen LogP contribution in [0, 0.1) is 0 Å². The number of hydrogen-bond acceptors (Lipinski definition) is 23. The van der Waals surface area contributed by atoms with Crippen molar-refractivity contribution in [3.8, 4) is 0 Å². The fourth-order valence-electron chi connectivity index (χ4n) is 6.59. The van der Waals surface area contributed by atoms with Gasteiger partial charge in [0, 0.05) is 13.8 Å². The maximum Gasteiger partial charge on any atom is 0.293 e. The van der Waals surface area contributed by atoms with Crippen molar-refractivity contribution in [2.24, 2.45) is 0 Å². The summed E-state index contributed by atoms with van der Waals surface area (Å²) in [6, 6.07) is -3.14. The topological polar surface area (TPSA) is 378 Å². The molecule has 4 fully saturated rings. The monoisotopic (exact) mass is 804 g/mol. The number of aliphatic hydroxyl groups is 10. The van der Waals surface area contributed by atoms with Crippen LogP contribution in [0.15, 0.2) is 0 Å². The Morgan fingerprint density at radius 3 is 1.49 bits per heavy atom. The molecule has 4 aliphatic heterocycles. The summed E-state index contributed by atoms with van der Waals surface area (Å²) in [5.74, 6) is -1.49. The zero-order valence-corrected chi connectivity index (χ0v) is 29.3. The maximum atomic E-state index is 12.4. The van der Waals surface area contributed by atoms with Crippen molar-refractivity contribution in [2.45, 2.75) is 137 Å². The summed E-state index contributed by atoms with van der Waals surface area (Å²) in [6.07, 6.45) is -32.3. The number of hydrogen-bond donors (Lipinski definition) is 12. The summed E-state index contributed by atoms with van der Waals surface area (Å²) in [5, 5.41) is 111. The van der Waals surface area contributed by atoms with Crippen LogP contribution in [0.25, 0.3) is 0 Å². The van der Waals surface area contributed by atoms with E-state index in [-0.39, 0.29) is 12.9 Å². The smallest absolute Gasteiger partial charge is 0.293 e. The maximum absolute atomic E-state index is 12.4. The molecule has 25 heteroatoms. The Balaban J connectivity index is 1.62. The van der Waals surface area contributed by atoms with Gasteiger partial charge >= 0.3 is 0 Å². The van der Waals surface area contributed by atoms with Crippen molar-refractivity contribution in [1.29, 1.82) is 0 Å². The van der Waals surface area contributed by atoms with Crippen molar-refractivity contribution in [3.05, 3.63) is 0 Å². The van der Waals surface area contributed by atoms with Gasteiger partial charge in [-0.05, 0) is 0 Å². The molecule has 0 aliphatic carbocycles. The third kappa shape index (κ3) is 10.4. The Bertz CT molecular complexity index is 1270. The first-order chi connectivity index (χ1) is 26.1. The van der Waals surface area contributed by atoms with Gasteiger partial charge in [0.2, 0.25) is 11.8 Å². The Hall–Kier alpha value is -2.80. The Morgan fingerprint density at radius 2 is 0.964 bits per heavy atom. The molecule has 0 spiro atoms. The zero-order chi connectivity index (χ0) is 40.7. The number of carbonyl (C=O) groups excluding carboxylic acids is 4. The van der Waals surface area contributed by atoms with Crippen molar-refractivity contribution in [3.63, 3.8) is 0 Å². The fourth-order valence-corrected chi connectivity index (χ4v) is 6.59. The van der Waals surface area contributed by atoms with Crippen molar-refractivity contribution in [1.82, 2.24) is 10.6 Å². The molecule has 4 aliphatic rings. The van der Waals surface area contributed by atoms with Gasteiger partial charge in [-0.1, -0.05) is 0 Å². The van der Waals surface area contributed by atoms with E-state index >= 15 is 0 Å². The van der Waals surface area contributed by atoms with Gasteiger partial charge in [0.15, 0.2) is 25.2 Å². The summed E-state index contributed by atoms with van der Waals surface area (Å²) in [5.41, 5.74) is 0. The molecule has 20 atom stereocenters. The van der Waals surface area contributed by atoms with Gasteiger partial charge in [0.05, 0.1) is 13.2 Å². The van der Waals surface area contributed by atoms with Crippen LogP contribution in [0.4, 0.5) is 0 Å². The van der Waals surface area contributed by atoms with Gasteiger partial charge in [0.25, 0.3) is 12.9 Å². The summed E-state index contributed by atoms with van der Waals surface area (Å²) in [6.45, 7) is -0.923. The lowest BCUT2D eigenvalue weighted by Gasteiger charge is -2.50. The fraction of sp³-hybridized carbons (Fsp3) is 0.867. The van der Waals surface area contributed by atoms with Crippen LogP contribution in [-0.2, 0) is 61.8 Å². The van der Waals surface area contributed by atoms with E-state index in [9.17, 15) is 70.2 Å². The first-order valence-electron chi connectivity index (χ1n) is 17.0. The van der Waals surface area contributed by atoms with Gasteiger partial charge in [0.1, 0.15) is 111 Å². The normalized spacial score (nSPS) is 44.9. The van der Waals surface area contributed by atoms with Crippen LogP contribution in [0.1, 0.15) is 13.8 Å². The van der Waals surface area contributed by atoms with Gasteiger partial charge < -0.3 is 104 Å². The predicted molar refractivity (Wildman–Crippen MR) is 167 cm³/mol. The molecule has 9 unspecified atom stereocenters. The summed E-state index contributed by atoms with van der Waals surface area (Å²) >= 11 is 0. The number of nitrogens with one attached hydrogen (secondary N) is 2. The molecule has 0 bridgehead atoms. The highest BCUT2D eigenvalue weighted by Gasteiger charge is 2.56. The third-order valence-electron chi connectivity index (χ3n) is 9.31. The van der Waals surface area contributed by atoms with Crippen LogP contribution < -0.4 is 10.6 Å². The minimum Gasteiger partial charge on any atom is -0.465 e. The molecule has 0 aromatic carbocycles. The van der Waals surface area contributed by atoms with Gasteiger partial charge in [-0.3, -0.25) is 19.2 Å². The second kappa shape index (κ2) is 20.1. The van der Waals surface area contributed by atoms with E-state index in [4.69, 9.17) is 37.9 Å². The minimum atomic E-state index is -2.10. The van der Waals surface area contributed by atoms with Gasteiger partial charge in [-0.25, -0.2) is 0 Å². The largest absolute Gasteiger partial charge is 0.465 e. The van der Waals surface area contributed by atoms with E-state index in [0.29, 0.717) is 0 Å². The molecule has 25 nitrogen and oxygen atoms in total. The number of aliphatic hydroxyl groups excluding tert-OH is 10.